The van der Waals surface area contributed by atoms with Crippen molar-refractivity contribution in [1.29, 1.82) is 0 Å². The smallest absolute Gasteiger partial charge is 0.339 e. The van der Waals surface area contributed by atoms with Gasteiger partial charge in [0.25, 0.3) is 0 Å². The molecule has 1 unspecified atom stereocenters. The van der Waals surface area contributed by atoms with Gasteiger partial charge in [0.15, 0.2) is 14.7 Å². The first-order chi connectivity index (χ1) is 16.5. The van der Waals surface area contributed by atoms with Gasteiger partial charge in [0, 0.05) is 5.75 Å². The lowest BCUT2D eigenvalue weighted by Crippen LogP contribution is -2.32. The Bertz CT molecular complexity index is 1170. The molecule has 1 atom stereocenters. The normalized spacial score (nSPS) is 12.8. The van der Waals surface area contributed by atoms with Gasteiger partial charge in [-0.3, -0.25) is 0 Å². The zero-order valence-electron chi connectivity index (χ0n) is 19.1. The van der Waals surface area contributed by atoms with Gasteiger partial charge < -0.3 is 4.74 Å². The highest BCUT2D eigenvalue weighted by molar-refractivity contribution is 7.98. The minimum absolute atomic E-state index is 0.281. The molecule has 0 saturated heterocycles. The maximum atomic E-state index is 13.4. The standard InChI is InChI=1S/C29H26FO2S2/c1-29(21-33-2,23-15-17-24(30)18-16-23)32-28(31)22-13-19-27(20-14-22)34(25-9-5-3-6-10-25)26-11-7-4-8-12-26/h3-20H,21H2,1-2H3/q+1. The van der Waals surface area contributed by atoms with Crippen molar-refractivity contribution in [3.8, 4) is 0 Å². The Morgan fingerprint density at radius 1 is 0.794 bits per heavy atom. The van der Waals surface area contributed by atoms with Crippen LogP contribution in [0.4, 0.5) is 4.39 Å². The highest BCUT2D eigenvalue weighted by Crippen LogP contribution is 2.33. The molecule has 2 nitrogen and oxygen atoms in total. The first-order valence-corrected chi connectivity index (χ1v) is 13.5. The average molecular weight is 490 g/mol. The fourth-order valence-corrected chi connectivity index (χ4v) is 6.62. The van der Waals surface area contributed by atoms with Crippen molar-refractivity contribution in [2.75, 3.05) is 12.0 Å². The van der Waals surface area contributed by atoms with Gasteiger partial charge in [-0.1, -0.05) is 48.5 Å². The van der Waals surface area contributed by atoms with Crippen LogP contribution in [0, 0.1) is 5.82 Å². The molecular weight excluding hydrogens is 463 g/mol. The zero-order valence-corrected chi connectivity index (χ0v) is 20.7. The number of rotatable bonds is 8. The van der Waals surface area contributed by atoms with Gasteiger partial charge in [0.1, 0.15) is 11.4 Å². The maximum Gasteiger partial charge on any atom is 0.339 e. The summed E-state index contributed by atoms with van der Waals surface area (Å²) in [5, 5.41) is 0. The van der Waals surface area contributed by atoms with Crippen LogP contribution in [0.2, 0.25) is 0 Å². The fourth-order valence-electron chi connectivity index (χ4n) is 3.76. The lowest BCUT2D eigenvalue weighted by molar-refractivity contribution is -0.000917. The van der Waals surface area contributed by atoms with Gasteiger partial charge in [-0.2, -0.15) is 11.8 Å². The first-order valence-electron chi connectivity index (χ1n) is 10.9. The summed E-state index contributed by atoms with van der Waals surface area (Å²) in [5.41, 5.74) is 0.395. The second kappa shape index (κ2) is 10.9. The average Bonchev–Trinajstić information content (AvgIpc) is 2.86. The summed E-state index contributed by atoms with van der Waals surface area (Å²) in [6.45, 7) is 1.87. The second-order valence-corrected chi connectivity index (χ2v) is 10.9. The molecule has 0 amide bonds. The SMILES string of the molecule is CSCC(C)(OC(=O)c1ccc([S+](c2ccccc2)c2ccccc2)cc1)c1ccc(F)cc1. The van der Waals surface area contributed by atoms with E-state index in [0.29, 0.717) is 11.3 Å². The Morgan fingerprint density at radius 3 is 1.79 bits per heavy atom. The molecule has 172 valence electrons. The van der Waals surface area contributed by atoms with Gasteiger partial charge >= 0.3 is 5.97 Å². The van der Waals surface area contributed by atoms with Crippen molar-refractivity contribution in [2.45, 2.75) is 27.2 Å². The van der Waals surface area contributed by atoms with Crippen molar-refractivity contribution >= 4 is 28.6 Å². The number of esters is 1. The van der Waals surface area contributed by atoms with Gasteiger partial charge in [-0.05, 0) is 79.4 Å². The summed E-state index contributed by atoms with van der Waals surface area (Å²) >= 11 is 1.58. The molecule has 0 aliphatic heterocycles. The van der Waals surface area contributed by atoms with Crippen LogP contribution < -0.4 is 0 Å². The third-order valence-electron chi connectivity index (χ3n) is 5.48. The fraction of sp³-hybridized carbons (Fsp3) is 0.138. The van der Waals surface area contributed by atoms with Crippen molar-refractivity contribution in [1.82, 2.24) is 0 Å². The number of ether oxygens (including phenoxy) is 1. The number of carbonyl (C=O) groups is 1. The molecular formula is C29H26FO2S2+. The Hall–Kier alpha value is -3.02. The lowest BCUT2D eigenvalue weighted by Gasteiger charge is -2.29. The molecule has 0 aliphatic carbocycles. The molecule has 34 heavy (non-hydrogen) atoms. The third kappa shape index (κ3) is 5.54. The Kier molecular flexibility index (Phi) is 7.76. The molecule has 0 aromatic heterocycles. The van der Waals surface area contributed by atoms with Crippen molar-refractivity contribution in [3.63, 3.8) is 0 Å². The quantitative estimate of drug-likeness (QED) is 0.191. The number of hydrogen-bond donors (Lipinski definition) is 0. The van der Waals surface area contributed by atoms with Crippen LogP contribution in [0.3, 0.4) is 0 Å². The van der Waals surface area contributed by atoms with E-state index in [2.05, 4.69) is 24.3 Å². The third-order valence-corrected chi connectivity index (χ3v) is 8.55. The monoisotopic (exact) mass is 489 g/mol. The molecule has 0 saturated carbocycles. The summed E-state index contributed by atoms with van der Waals surface area (Å²) in [7, 11) is -0.281. The van der Waals surface area contributed by atoms with E-state index in [0.717, 1.165) is 10.5 Å². The largest absolute Gasteiger partial charge is 0.450 e. The number of halogens is 1. The number of thioether (sulfide) groups is 1. The number of benzene rings is 4. The Balaban J connectivity index is 1.60. The predicted molar refractivity (Wildman–Crippen MR) is 139 cm³/mol. The van der Waals surface area contributed by atoms with Crippen LogP contribution in [-0.4, -0.2) is 18.0 Å². The van der Waals surface area contributed by atoms with Crippen LogP contribution in [0.1, 0.15) is 22.8 Å². The Morgan fingerprint density at radius 2 is 1.29 bits per heavy atom. The molecule has 0 radical (unpaired) electrons. The van der Waals surface area contributed by atoms with Crippen molar-refractivity contribution in [3.05, 3.63) is 126 Å². The maximum absolute atomic E-state index is 13.4. The highest BCUT2D eigenvalue weighted by Gasteiger charge is 2.32. The van der Waals surface area contributed by atoms with Crippen molar-refractivity contribution in [2.24, 2.45) is 0 Å². The number of hydrogen-bond acceptors (Lipinski definition) is 3. The van der Waals surface area contributed by atoms with E-state index in [1.165, 1.54) is 21.9 Å². The summed E-state index contributed by atoms with van der Waals surface area (Å²) in [5.74, 6) is -0.149. The predicted octanol–water partition coefficient (Wildman–Crippen LogP) is 7.36. The molecule has 4 aromatic rings. The van der Waals surface area contributed by atoms with E-state index in [1.807, 2.05) is 73.8 Å². The summed E-state index contributed by atoms with van der Waals surface area (Å²) in [4.78, 5) is 16.6. The van der Waals surface area contributed by atoms with E-state index in [-0.39, 0.29) is 16.7 Å². The lowest BCUT2D eigenvalue weighted by atomic mass is 9.97. The molecule has 4 rings (SSSR count). The first kappa shape index (κ1) is 24.1. The minimum Gasteiger partial charge on any atom is -0.450 e. The van der Waals surface area contributed by atoms with Crippen LogP contribution in [0.25, 0.3) is 0 Å². The molecule has 4 aromatic carbocycles. The van der Waals surface area contributed by atoms with Crippen LogP contribution in [0.5, 0.6) is 0 Å². The molecule has 0 N–H and O–H groups in total. The highest BCUT2D eigenvalue weighted by atomic mass is 32.2. The van der Waals surface area contributed by atoms with Gasteiger partial charge in [-0.15, -0.1) is 0 Å². The summed E-state index contributed by atoms with van der Waals surface area (Å²) in [6, 6.07) is 34.6. The van der Waals surface area contributed by atoms with Gasteiger partial charge in [0.05, 0.1) is 16.5 Å². The molecule has 0 spiro atoms. The second-order valence-electron chi connectivity index (χ2n) is 8.02. The molecule has 0 aliphatic rings. The van der Waals surface area contributed by atoms with Crippen LogP contribution in [-0.2, 0) is 21.2 Å². The van der Waals surface area contributed by atoms with Crippen molar-refractivity contribution < 1.29 is 13.9 Å². The zero-order chi connectivity index (χ0) is 24.0. The van der Waals surface area contributed by atoms with E-state index in [4.69, 9.17) is 4.74 Å². The van der Waals surface area contributed by atoms with E-state index >= 15 is 0 Å². The Labute approximate surface area is 207 Å². The number of carbonyl (C=O) groups excluding carboxylic acids is 1. The van der Waals surface area contributed by atoms with Crippen LogP contribution >= 0.6 is 11.8 Å². The molecule has 5 heteroatoms. The molecule has 0 bridgehead atoms. The van der Waals surface area contributed by atoms with E-state index in [1.54, 1.807) is 23.9 Å². The molecule has 0 fully saturated rings. The summed E-state index contributed by atoms with van der Waals surface area (Å²) in [6.07, 6.45) is 1.96. The van der Waals surface area contributed by atoms with E-state index in [9.17, 15) is 9.18 Å². The van der Waals surface area contributed by atoms with Crippen LogP contribution in [0.15, 0.2) is 124 Å². The minimum atomic E-state index is -0.860. The summed E-state index contributed by atoms with van der Waals surface area (Å²) < 4.78 is 19.4. The molecule has 0 heterocycles. The van der Waals surface area contributed by atoms with E-state index < -0.39 is 11.6 Å². The van der Waals surface area contributed by atoms with Gasteiger partial charge in [-0.25, -0.2) is 9.18 Å². The topological polar surface area (TPSA) is 26.3 Å². The van der Waals surface area contributed by atoms with Gasteiger partial charge in [0.2, 0.25) is 0 Å².